The summed E-state index contributed by atoms with van der Waals surface area (Å²) < 4.78 is 5.07. The Morgan fingerprint density at radius 2 is 2.22 bits per heavy atom. The van der Waals surface area contributed by atoms with Gasteiger partial charge in [-0.2, -0.15) is 10.1 Å². The number of cyclic esters (lactones) is 1. The number of aryl methyl sites for hydroxylation is 1. The summed E-state index contributed by atoms with van der Waals surface area (Å²) in [6, 6.07) is 8.52. The van der Waals surface area contributed by atoms with E-state index in [4.69, 9.17) is 4.74 Å². The molecule has 1 fully saturated rings. The van der Waals surface area contributed by atoms with E-state index < -0.39 is 0 Å². The lowest BCUT2D eigenvalue weighted by Gasteiger charge is -2.34. The van der Waals surface area contributed by atoms with Crippen LogP contribution in [0.1, 0.15) is 24.0 Å². The van der Waals surface area contributed by atoms with E-state index in [0.717, 1.165) is 25.0 Å². The summed E-state index contributed by atoms with van der Waals surface area (Å²) in [5, 5.41) is 6.10. The Morgan fingerprint density at radius 1 is 1.33 bits per heavy atom. The minimum atomic E-state index is -0.297. The molecule has 1 aromatic rings. The van der Waals surface area contributed by atoms with E-state index in [9.17, 15) is 4.79 Å². The van der Waals surface area contributed by atoms with Gasteiger partial charge in [-0.1, -0.05) is 24.3 Å². The Kier molecular flexibility index (Phi) is 2.01. The summed E-state index contributed by atoms with van der Waals surface area (Å²) in [5.74, 6) is 0.482. The van der Waals surface area contributed by atoms with Gasteiger partial charge < -0.3 is 4.74 Å². The number of nitrogens with zero attached hydrogens (tertiary/aromatic N) is 2. The van der Waals surface area contributed by atoms with E-state index >= 15 is 0 Å². The molecule has 0 saturated carbocycles. The second-order valence-corrected chi connectivity index (χ2v) is 5.19. The molecule has 0 N–H and O–H groups in total. The highest BCUT2D eigenvalue weighted by atomic mass is 16.6. The number of hydrazone groups is 1. The van der Waals surface area contributed by atoms with Crippen LogP contribution in [0, 0.1) is 5.92 Å². The van der Waals surface area contributed by atoms with Gasteiger partial charge in [-0.15, -0.1) is 0 Å². The zero-order valence-electron chi connectivity index (χ0n) is 10.0. The molecule has 18 heavy (non-hydrogen) atoms. The Morgan fingerprint density at radius 3 is 3.17 bits per heavy atom. The summed E-state index contributed by atoms with van der Waals surface area (Å²) in [4.78, 5) is 11.6. The van der Waals surface area contributed by atoms with Crippen molar-refractivity contribution in [3.8, 4) is 0 Å². The van der Waals surface area contributed by atoms with Crippen molar-refractivity contribution in [2.75, 3.05) is 6.61 Å². The molecular formula is C14H14N2O2. The molecule has 0 aromatic heterocycles. The van der Waals surface area contributed by atoms with Crippen LogP contribution in [0.3, 0.4) is 0 Å². The van der Waals surface area contributed by atoms with Gasteiger partial charge in [-0.3, -0.25) is 0 Å². The van der Waals surface area contributed by atoms with Crippen LogP contribution in [0.5, 0.6) is 0 Å². The second kappa shape index (κ2) is 3.57. The van der Waals surface area contributed by atoms with Crippen LogP contribution in [0.15, 0.2) is 29.4 Å². The Balaban J connectivity index is 1.82. The average molecular weight is 242 g/mol. The molecule has 2 aliphatic heterocycles. The van der Waals surface area contributed by atoms with Gasteiger partial charge in [0.15, 0.2) is 0 Å². The SMILES string of the molecule is O=C1OCC2CC3CCc4ccccc4C3=NN12. The molecule has 2 unspecified atom stereocenters. The van der Waals surface area contributed by atoms with Crippen molar-refractivity contribution in [2.24, 2.45) is 11.0 Å². The van der Waals surface area contributed by atoms with Crippen LogP contribution < -0.4 is 0 Å². The quantitative estimate of drug-likeness (QED) is 0.699. The summed E-state index contributed by atoms with van der Waals surface area (Å²) in [6.07, 6.45) is 2.93. The first-order valence-electron chi connectivity index (χ1n) is 6.45. The van der Waals surface area contributed by atoms with Crippen molar-refractivity contribution in [1.29, 1.82) is 0 Å². The first kappa shape index (κ1) is 10.1. The standard InChI is InChI=1S/C14H14N2O2/c17-14-16-11(8-18-14)7-10-6-5-9-3-1-2-4-12(9)13(10)15-16/h1-4,10-11H,5-8H2. The van der Waals surface area contributed by atoms with Crippen molar-refractivity contribution >= 4 is 11.8 Å². The van der Waals surface area contributed by atoms with Gasteiger partial charge in [-0.25, -0.2) is 4.79 Å². The lowest BCUT2D eigenvalue weighted by atomic mass is 9.78. The van der Waals surface area contributed by atoms with Crippen LogP contribution in [0.2, 0.25) is 0 Å². The predicted octanol–water partition coefficient (Wildman–Crippen LogP) is 2.18. The van der Waals surface area contributed by atoms with Crippen LogP contribution in [-0.4, -0.2) is 29.5 Å². The highest BCUT2D eigenvalue weighted by Gasteiger charge is 2.41. The first-order chi connectivity index (χ1) is 8.83. The summed E-state index contributed by atoms with van der Waals surface area (Å²) in [6.45, 7) is 0.494. The fraction of sp³-hybridized carbons (Fsp3) is 0.429. The molecule has 1 aliphatic carbocycles. The molecule has 1 amide bonds. The third kappa shape index (κ3) is 1.32. The monoisotopic (exact) mass is 242 g/mol. The third-order valence-corrected chi connectivity index (χ3v) is 4.15. The van der Waals surface area contributed by atoms with Crippen molar-refractivity contribution in [1.82, 2.24) is 5.01 Å². The molecule has 2 atom stereocenters. The fourth-order valence-corrected chi connectivity index (χ4v) is 3.23. The number of carbonyl (C=O) groups excluding carboxylic acids is 1. The molecule has 0 spiro atoms. The highest BCUT2D eigenvalue weighted by Crippen LogP contribution is 2.35. The van der Waals surface area contributed by atoms with E-state index in [1.54, 1.807) is 0 Å². The van der Waals surface area contributed by atoms with Gasteiger partial charge in [0.25, 0.3) is 0 Å². The van der Waals surface area contributed by atoms with Gasteiger partial charge >= 0.3 is 6.09 Å². The van der Waals surface area contributed by atoms with Crippen LogP contribution >= 0.6 is 0 Å². The topological polar surface area (TPSA) is 41.9 Å². The first-order valence-corrected chi connectivity index (χ1v) is 6.45. The fourth-order valence-electron chi connectivity index (χ4n) is 3.23. The minimum absolute atomic E-state index is 0.150. The maximum atomic E-state index is 11.6. The van der Waals surface area contributed by atoms with Crippen LogP contribution in [0.25, 0.3) is 0 Å². The molecule has 4 rings (SSSR count). The number of ether oxygens (including phenoxy) is 1. The molecule has 4 heteroatoms. The molecule has 1 saturated heterocycles. The maximum Gasteiger partial charge on any atom is 0.430 e. The second-order valence-electron chi connectivity index (χ2n) is 5.19. The van der Waals surface area contributed by atoms with Gasteiger partial charge in [0.05, 0.1) is 11.8 Å². The normalized spacial score (nSPS) is 29.0. The lowest BCUT2D eigenvalue weighted by Crippen LogP contribution is -2.41. The molecular weight excluding hydrogens is 228 g/mol. The van der Waals surface area contributed by atoms with E-state index in [-0.39, 0.29) is 12.1 Å². The van der Waals surface area contributed by atoms with Gasteiger partial charge in [0.1, 0.15) is 6.61 Å². The number of rotatable bonds is 0. The van der Waals surface area contributed by atoms with E-state index in [1.807, 2.05) is 6.07 Å². The predicted molar refractivity (Wildman–Crippen MR) is 66.4 cm³/mol. The third-order valence-electron chi connectivity index (χ3n) is 4.15. The molecule has 0 bridgehead atoms. The smallest absolute Gasteiger partial charge is 0.430 e. The minimum Gasteiger partial charge on any atom is -0.446 e. The summed E-state index contributed by atoms with van der Waals surface area (Å²) >= 11 is 0. The maximum absolute atomic E-state index is 11.6. The molecule has 1 aromatic carbocycles. The lowest BCUT2D eigenvalue weighted by molar-refractivity contribution is 0.157. The Hall–Kier alpha value is -1.84. The Labute approximate surface area is 105 Å². The molecule has 3 aliphatic rings. The van der Waals surface area contributed by atoms with Crippen LogP contribution in [-0.2, 0) is 11.2 Å². The number of hydrogen-bond acceptors (Lipinski definition) is 3. The zero-order valence-corrected chi connectivity index (χ0v) is 10.0. The largest absolute Gasteiger partial charge is 0.446 e. The van der Waals surface area contributed by atoms with E-state index in [0.29, 0.717) is 12.5 Å². The number of fused-ring (bicyclic) bond motifs is 4. The summed E-state index contributed by atoms with van der Waals surface area (Å²) in [5.41, 5.74) is 3.64. The van der Waals surface area contributed by atoms with Crippen molar-refractivity contribution in [3.63, 3.8) is 0 Å². The van der Waals surface area contributed by atoms with Crippen molar-refractivity contribution < 1.29 is 9.53 Å². The molecule has 2 heterocycles. The Bertz CT molecular complexity index is 552. The highest BCUT2D eigenvalue weighted by molar-refractivity contribution is 6.05. The average Bonchev–Trinajstić information content (AvgIpc) is 2.78. The molecule has 4 nitrogen and oxygen atoms in total. The van der Waals surface area contributed by atoms with E-state index in [1.165, 1.54) is 16.1 Å². The van der Waals surface area contributed by atoms with Crippen LogP contribution in [0.4, 0.5) is 4.79 Å². The number of carbonyl (C=O) groups is 1. The van der Waals surface area contributed by atoms with Gasteiger partial charge in [-0.05, 0) is 24.8 Å². The van der Waals surface area contributed by atoms with Crippen molar-refractivity contribution in [3.05, 3.63) is 35.4 Å². The van der Waals surface area contributed by atoms with Gasteiger partial charge in [0, 0.05) is 11.5 Å². The van der Waals surface area contributed by atoms with Gasteiger partial charge in [0.2, 0.25) is 0 Å². The van der Waals surface area contributed by atoms with Crippen molar-refractivity contribution in [2.45, 2.75) is 25.3 Å². The summed E-state index contributed by atoms with van der Waals surface area (Å²) in [7, 11) is 0. The number of hydrogen-bond donors (Lipinski definition) is 0. The molecule has 0 radical (unpaired) electrons. The van der Waals surface area contributed by atoms with E-state index in [2.05, 4.69) is 23.3 Å². The molecule has 92 valence electrons. The number of benzene rings is 1. The zero-order chi connectivity index (χ0) is 12.1. The number of amides is 1.